The Hall–Kier alpha value is -2.76. The van der Waals surface area contributed by atoms with Crippen LogP contribution < -0.4 is 5.73 Å². The fourth-order valence-electron chi connectivity index (χ4n) is 2.12. The first-order valence-corrected chi connectivity index (χ1v) is 6.18. The number of fused-ring (bicyclic) bond motifs is 1. The van der Waals surface area contributed by atoms with Gasteiger partial charge in [0.15, 0.2) is 11.3 Å². The Balaban J connectivity index is 2.12. The number of primary amides is 1. The second-order valence-electron chi connectivity index (χ2n) is 4.51. The fourth-order valence-corrected chi connectivity index (χ4v) is 2.12. The third-order valence-corrected chi connectivity index (χ3v) is 3.00. The Morgan fingerprint density at radius 3 is 2.70 bits per heavy atom. The minimum atomic E-state index is -0.592. The van der Waals surface area contributed by atoms with E-state index in [1.807, 2.05) is 34.9 Å². The fraction of sp³-hybridized carbons (Fsp3) is 0.143. The number of carbonyl (C=O) groups is 1. The van der Waals surface area contributed by atoms with Crippen LogP contribution >= 0.6 is 0 Å². The van der Waals surface area contributed by atoms with Gasteiger partial charge in [-0.25, -0.2) is 15.0 Å². The molecule has 1 amide bonds. The van der Waals surface area contributed by atoms with Gasteiger partial charge in [0.25, 0.3) is 5.91 Å². The van der Waals surface area contributed by atoms with E-state index in [0.717, 1.165) is 5.56 Å². The predicted octanol–water partition coefficient (Wildman–Crippen LogP) is 1.28. The molecule has 0 saturated carbocycles. The zero-order valence-electron chi connectivity index (χ0n) is 10.9. The molecule has 0 aliphatic carbocycles. The molecule has 0 aliphatic rings. The van der Waals surface area contributed by atoms with Gasteiger partial charge in [0.05, 0.1) is 12.9 Å². The van der Waals surface area contributed by atoms with Gasteiger partial charge in [0.2, 0.25) is 0 Å². The van der Waals surface area contributed by atoms with Crippen molar-refractivity contribution in [3.8, 4) is 0 Å². The maximum Gasteiger partial charge on any atom is 0.269 e. The molecule has 2 heterocycles. The molecule has 6 nitrogen and oxygen atoms in total. The van der Waals surface area contributed by atoms with Crippen LogP contribution in [0.25, 0.3) is 11.2 Å². The quantitative estimate of drug-likeness (QED) is 0.774. The van der Waals surface area contributed by atoms with Crippen molar-refractivity contribution in [3.63, 3.8) is 0 Å². The molecule has 20 heavy (non-hydrogen) atoms. The Kier molecular flexibility index (Phi) is 2.90. The molecule has 2 N–H and O–H groups in total. The van der Waals surface area contributed by atoms with E-state index in [1.54, 1.807) is 13.3 Å². The highest BCUT2D eigenvalue weighted by Gasteiger charge is 2.15. The summed E-state index contributed by atoms with van der Waals surface area (Å²) in [5.74, 6) is -0.0911. The Labute approximate surface area is 115 Å². The lowest BCUT2D eigenvalue weighted by molar-refractivity contribution is 0.0997. The lowest BCUT2D eigenvalue weighted by Crippen LogP contribution is -2.15. The van der Waals surface area contributed by atoms with Gasteiger partial charge >= 0.3 is 0 Å². The lowest BCUT2D eigenvalue weighted by Gasteiger charge is -2.05. The van der Waals surface area contributed by atoms with Crippen LogP contribution in [0.15, 0.2) is 36.7 Å². The molecular formula is C14H13N5O. The van der Waals surface area contributed by atoms with Crippen LogP contribution in [0.5, 0.6) is 0 Å². The first-order chi connectivity index (χ1) is 9.65. The van der Waals surface area contributed by atoms with Crippen molar-refractivity contribution in [2.75, 3.05) is 0 Å². The van der Waals surface area contributed by atoms with E-state index in [4.69, 9.17) is 5.73 Å². The number of aryl methyl sites for hydroxylation is 1. The van der Waals surface area contributed by atoms with Crippen molar-refractivity contribution in [3.05, 3.63) is 53.7 Å². The molecule has 2 aromatic heterocycles. The van der Waals surface area contributed by atoms with Crippen LogP contribution in [0.1, 0.15) is 21.9 Å². The van der Waals surface area contributed by atoms with Gasteiger partial charge in [0, 0.05) is 0 Å². The van der Waals surface area contributed by atoms with Gasteiger partial charge < -0.3 is 10.3 Å². The molecule has 3 aromatic rings. The molecule has 1 aromatic carbocycles. The van der Waals surface area contributed by atoms with Gasteiger partial charge in [-0.3, -0.25) is 4.79 Å². The van der Waals surface area contributed by atoms with E-state index in [9.17, 15) is 4.79 Å². The average molecular weight is 267 g/mol. The predicted molar refractivity (Wildman–Crippen MR) is 74.1 cm³/mol. The van der Waals surface area contributed by atoms with Gasteiger partial charge in [-0.05, 0) is 12.5 Å². The smallest absolute Gasteiger partial charge is 0.269 e. The average Bonchev–Trinajstić information content (AvgIpc) is 2.82. The van der Waals surface area contributed by atoms with Crippen molar-refractivity contribution >= 4 is 17.1 Å². The molecule has 6 heteroatoms. The van der Waals surface area contributed by atoms with Crippen molar-refractivity contribution in [2.45, 2.75) is 13.5 Å². The monoisotopic (exact) mass is 267 g/mol. The Morgan fingerprint density at radius 2 is 2.00 bits per heavy atom. The van der Waals surface area contributed by atoms with Crippen LogP contribution in [0.4, 0.5) is 0 Å². The molecule has 0 bridgehead atoms. The largest absolute Gasteiger partial charge is 0.364 e. The number of benzene rings is 1. The Morgan fingerprint density at radius 1 is 1.25 bits per heavy atom. The molecule has 100 valence electrons. The van der Waals surface area contributed by atoms with Gasteiger partial charge in [-0.2, -0.15) is 0 Å². The summed E-state index contributed by atoms with van der Waals surface area (Å²) in [6.45, 7) is 2.36. The van der Waals surface area contributed by atoms with Crippen molar-refractivity contribution in [2.24, 2.45) is 5.73 Å². The molecule has 0 aliphatic heterocycles. The number of nitrogens with two attached hydrogens (primary N) is 1. The van der Waals surface area contributed by atoms with Gasteiger partial charge in [0.1, 0.15) is 11.3 Å². The minimum absolute atomic E-state index is 0.166. The summed E-state index contributed by atoms with van der Waals surface area (Å²) >= 11 is 0. The number of rotatable bonds is 3. The van der Waals surface area contributed by atoms with E-state index >= 15 is 0 Å². The maximum absolute atomic E-state index is 11.4. The maximum atomic E-state index is 11.4. The highest BCUT2D eigenvalue weighted by Crippen LogP contribution is 2.15. The second kappa shape index (κ2) is 4.73. The number of hydrogen-bond donors (Lipinski definition) is 1. The van der Waals surface area contributed by atoms with Crippen LogP contribution in [0.3, 0.4) is 0 Å². The van der Waals surface area contributed by atoms with Crippen LogP contribution in [0, 0.1) is 6.92 Å². The van der Waals surface area contributed by atoms with Crippen LogP contribution in [-0.2, 0) is 6.54 Å². The summed E-state index contributed by atoms with van der Waals surface area (Å²) in [5, 5.41) is 0. The molecule has 0 fully saturated rings. The number of imidazole rings is 1. The minimum Gasteiger partial charge on any atom is -0.364 e. The summed E-state index contributed by atoms with van der Waals surface area (Å²) in [6.07, 6.45) is 1.65. The first-order valence-electron chi connectivity index (χ1n) is 6.18. The highest BCUT2D eigenvalue weighted by molar-refractivity contribution is 6.01. The molecule has 0 saturated heterocycles. The summed E-state index contributed by atoms with van der Waals surface area (Å²) in [5.41, 5.74) is 7.69. The van der Waals surface area contributed by atoms with Crippen molar-refractivity contribution < 1.29 is 4.79 Å². The van der Waals surface area contributed by atoms with E-state index in [0.29, 0.717) is 23.5 Å². The van der Waals surface area contributed by atoms with Crippen LogP contribution in [0.2, 0.25) is 0 Å². The standard InChI is InChI=1S/C14H13N5O/c1-9-17-11(13(15)20)12-14(18-9)19(8-16-12)7-10-5-3-2-4-6-10/h2-6,8H,7H2,1H3,(H2,15,20). The second-order valence-corrected chi connectivity index (χ2v) is 4.51. The van der Waals surface area contributed by atoms with Crippen molar-refractivity contribution in [1.82, 2.24) is 19.5 Å². The molecule has 0 atom stereocenters. The normalized spacial score (nSPS) is 10.8. The third-order valence-electron chi connectivity index (χ3n) is 3.00. The van der Waals surface area contributed by atoms with Gasteiger partial charge in [-0.15, -0.1) is 0 Å². The summed E-state index contributed by atoms with van der Waals surface area (Å²) in [7, 11) is 0. The topological polar surface area (TPSA) is 86.7 Å². The zero-order valence-corrected chi connectivity index (χ0v) is 10.9. The van der Waals surface area contributed by atoms with Gasteiger partial charge in [-0.1, -0.05) is 30.3 Å². The summed E-state index contributed by atoms with van der Waals surface area (Å²) < 4.78 is 1.88. The van der Waals surface area contributed by atoms with E-state index < -0.39 is 5.91 Å². The van der Waals surface area contributed by atoms with Crippen molar-refractivity contribution in [1.29, 1.82) is 0 Å². The molecule has 3 rings (SSSR count). The third kappa shape index (κ3) is 2.11. The zero-order chi connectivity index (χ0) is 14.1. The summed E-state index contributed by atoms with van der Waals surface area (Å²) in [4.78, 5) is 24.0. The SMILES string of the molecule is Cc1nc(C(N)=O)c2ncn(Cc3ccccc3)c2n1. The van der Waals surface area contributed by atoms with E-state index in [-0.39, 0.29) is 5.69 Å². The molecule has 0 unspecified atom stereocenters. The Bertz CT molecular complexity index is 779. The van der Waals surface area contributed by atoms with Crippen LogP contribution in [-0.4, -0.2) is 25.4 Å². The first kappa shape index (κ1) is 12.3. The highest BCUT2D eigenvalue weighted by atomic mass is 16.1. The summed E-state index contributed by atoms with van der Waals surface area (Å²) in [6, 6.07) is 9.96. The number of nitrogens with zero attached hydrogens (tertiary/aromatic N) is 4. The number of carbonyl (C=O) groups excluding carboxylic acids is 1. The number of hydrogen-bond acceptors (Lipinski definition) is 4. The van der Waals surface area contributed by atoms with E-state index in [2.05, 4.69) is 15.0 Å². The molecule has 0 spiro atoms. The molecular weight excluding hydrogens is 254 g/mol. The van der Waals surface area contributed by atoms with E-state index in [1.165, 1.54) is 0 Å². The number of amides is 1. The number of aromatic nitrogens is 4. The molecule has 0 radical (unpaired) electrons. The lowest BCUT2D eigenvalue weighted by atomic mass is 10.2.